The zero-order valence-corrected chi connectivity index (χ0v) is 11.3. The fraction of sp³-hybridized carbons (Fsp3) is 0.571. The SMILES string of the molecule is CC1(C(O)c2ccc3c(c2)OCCO3)CCCS1. The van der Waals surface area contributed by atoms with Gasteiger partial charge in [0.15, 0.2) is 11.5 Å². The first-order valence-electron chi connectivity index (χ1n) is 6.41. The molecule has 1 aromatic carbocycles. The van der Waals surface area contributed by atoms with E-state index in [0.717, 1.165) is 29.2 Å². The van der Waals surface area contributed by atoms with Crippen LogP contribution in [0.15, 0.2) is 18.2 Å². The molecule has 3 nitrogen and oxygen atoms in total. The molecule has 2 aliphatic heterocycles. The predicted molar refractivity (Wildman–Crippen MR) is 72.5 cm³/mol. The summed E-state index contributed by atoms with van der Waals surface area (Å²) in [5.41, 5.74) is 0.927. The number of aliphatic hydroxyl groups is 1. The molecular formula is C14H18O3S. The lowest BCUT2D eigenvalue weighted by Gasteiger charge is -2.30. The summed E-state index contributed by atoms with van der Waals surface area (Å²) >= 11 is 1.86. The van der Waals surface area contributed by atoms with Crippen molar-refractivity contribution in [3.05, 3.63) is 23.8 Å². The molecule has 18 heavy (non-hydrogen) atoms. The van der Waals surface area contributed by atoms with Crippen LogP contribution in [0.3, 0.4) is 0 Å². The molecule has 0 spiro atoms. The van der Waals surface area contributed by atoms with Crippen molar-refractivity contribution in [1.29, 1.82) is 0 Å². The smallest absolute Gasteiger partial charge is 0.161 e. The third-order valence-electron chi connectivity index (χ3n) is 3.71. The van der Waals surface area contributed by atoms with Crippen molar-refractivity contribution < 1.29 is 14.6 Å². The molecule has 2 atom stereocenters. The maximum Gasteiger partial charge on any atom is 0.161 e. The van der Waals surface area contributed by atoms with E-state index < -0.39 is 6.10 Å². The van der Waals surface area contributed by atoms with Crippen LogP contribution in [0, 0.1) is 0 Å². The highest BCUT2D eigenvalue weighted by Gasteiger charge is 2.38. The summed E-state index contributed by atoms with van der Waals surface area (Å²) in [7, 11) is 0. The van der Waals surface area contributed by atoms with Crippen molar-refractivity contribution in [2.24, 2.45) is 0 Å². The number of hydrogen-bond acceptors (Lipinski definition) is 4. The molecule has 0 bridgehead atoms. The number of aliphatic hydroxyl groups excluding tert-OH is 1. The van der Waals surface area contributed by atoms with Gasteiger partial charge in [-0.3, -0.25) is 0 Å². The van der Waals surface area contributed by atoms with Crippen molar-refractivity contribution in [3.63, 3.8) is 0 Å². The number of benzene rings is 1. The number of rotatable bonds is 2. The second kappa shape index (κ2) is 4.67. The second-order valence-electron chi connectivity index (χ2n) is 5.07. The van der Waals surface area contributed by atoms with Crippen LogP contribution < -0.4 is 9.47 Å². The van der Waals surface area contributed by atoms with E-state index in [2.05, 4.69) is 6.92 Å². The zero-order chi connectivity index (χ0) is 12.6. The Bertz CT molecular complexity index is 441. The minimum Gasteiger partial charge on any atom is -0.486 e. The van der Waals surface area contributed by atoms with Gasteiger partial charge in [-0.2, -0.15) is 11.8 Å². The number of ether oxygens (including phenoxy) is 2. The van der Waals surface area contributed by atoms with Gasteiger partial charge in [0.2, 0.25) is 0 Å². The minimum absolute atomic E-state index is 0.0657. The van der Waals surface area contributed by atoms with Gasteiger partial charge in [0.1, 0.15) is 13.2 Å². The van der Waals surface area contributed by atoms with E-state index in [1.54, 1.807) is 0 Å². The monoisotopic (exact) mass is 266 g/mol. The second-order valence-corrected chi connectivity index (χ2v) is 6.70. The quantitative estimate of drug-likeness (QED) is 0.893. The molecule has 98 valence electrons. The standard InChI is InChI=1S/C14H18O3S/c1-14(5-2-8-18-14)13(15)10-3-4-11-12(9-10)17-7-6-16-11/h3-4,9,13,15H,2,5-8H2,1H3. The van der Waals surface area contributed by atoms with Gasteiger partial charge in [-0.25, -0.2) is 0 Å². The van der Waals surface area contributed by atoms with E-state index in [1.807, 2.05) is 30.0 Å². The summed E-state index contributed by atoms with van der Waals surface area (Å²) in [5, 5.41) is 10.6. The third-order valence-corrected chi connectivity index (χ3v) is 5.29. The fourth-order valence-corrected chi connectivity index (χ4v) is 3.94. The van der Waals surface area contributed by atoms with Gasteiger partial charge in [0.25, 0.3) is 0 Å². The van der Waals surface area contributed by atoms with Gasteiger partial charge in [0.05, 0.1) is 6.10 Å². The molecule has 2 unspecified atom stereocenters. The molecule has 3 rings (SSSR count). The number of fused-ring (bicyclic) bond motifs is 1. The molecule has 1 aromatic rings. The molecule has 0 aromatic heterocycles. The predicted octanol–water partition coefficient (Wildman–Crippen LogP) is 2.78. The van der Waals surface area contributed by atoms with Crippen molar-refractivity contribution >= 4 is 11.8 Å². The highest BCUT2D eigenvalue weighted by atomic mass is 32.2. The summed E-state index contributed by atoms with van der Waals surface area (Å²) in [5.74, 6) is 2.67. The highest BCUT2D eigenvalue weighted by Crippen LogP contribution is 2.47. The van der Waals surface area contributed by atoms with Crippen LogP contribution in [0.4, 0.5) is 0 Å². The maximum atomic E-state index is 10.6. The normalized spacial score (nSPS) is 28.1. The van der Waals surface area contributed by atoms with E-state index in [1.165, 1.54) is 6.42 Å². The molecule has 4 heteroatoms. The molecule has 1 N–H and O–H groups in total. The number of hydrogen-bond donors (Lipinski definition) is 1. The average molecular weight is 266 g/mol. The molecule has 0 radical (unpaired) electrons. The Balaban J connectivity index is 1.87. The lowest BCUT2D eigenvalue weighted by molar-refractivity contribution is 0.132. The van der Waals surface area contributed by atoms with Crippen molar-refractivity contribution in [1.82, 2.24) is 0 Å². The number of thioether (sulfide) groups is 1. The van der Waals surface area contributed by atoms with Crippen molar-refractivity contribution in [3.8, 4) is 11.5 Å². The van der Waals surface area contributed by atoms with Crippen LogP contribution >= 0.6 is 11.8 Å². The summed E-state index contributed by atoms with van der Waals surface area (Å²) in [6.07, 6.45) is 1.80. The van der Waals surface area contributed by atoms with Gasteiger partial charge < -0.3 is 14.6 Å². The maximum absolute atomic E-state index is 10.6. The molecule has 0 amide bonds. The van der Waals surface area contributed by atoms with Gasteiger partial charge in [-0.15, -0.1) is 0 Å². The Kier molecular flexibility index (Phi) is 3.16. The van der Waals surface area contributed by atoms with E-state index in [4.69, 9.17) is 9.47 Å². The molecule has 2 heterocycles. The molecule has 1 saturated heterocycles. The Morgan fingerprint density at radius 2 is 2.06 bits per heavy atom. The Hall–Kier alpha value is -0.870. The first-order valence-corrected chi connectivity index (χ1v) is 7.39. The third kappa shape index (κ3) is 2.08. The van der Waals surface area contributed by atoms with Crippen molar-refractivity contribution in [2.45, 2.75) is 30.6 Å². The van der Waals surface area contributed by atoms with Gasteiger partial charge >= 0.3 is 0 Å². The Morgan fingerprint density at radius 3 is 2.78 bits per heavy atom. The van der Waals surface area contributed by atoms with Crippen LogP contribution in [-0.2, 0) is 0 Å². The molecular weight excluding hydrogens is 248 g/mol. The molecule has 0 aliphatic carbocycles. The zero-order valence-electron chi connectivity index (χ0n) is 10.5. The van der Waals surface area contributed by atoms with Crippen LogP contribution in [0.2, 0.25) is 0 Å². The van der Waals surface area contributed by atoms with Gasteiger partial charge in [-0.05, 0) is 43.2 Å². The van der Waals surface area contributed by atoms with E-state index >= 15 is 0 Å². The minimum atomic E-state index is -0.444. The lowest BCUT2D eigenvalue weighted by atomic mass is 9.92. The molecule has 1 fully saturated rings. The van der Waals surface area contributed by atoms with Crippen LogP contribution in [0.5, 0.6) is 11.5 Å². The van der Waals surface area contributed by atoms with E-state index in [0.29, 0.717) is 13.2 Å². The van der Waals surface area contributed by atoms with Crippen molar-refractivity contribution in [2.75, 3.05) is 19.0 Å². The van der Waals surface area contributed by atoms with Crippen LogP contribution in [0.25, 0.3) is 0 Å². The van der Waals surface area contributed by atoms with E-state index in [9.17, 15) is 5.11 Å². The fourth-order valence-electron chi connectivity index (χ4n) is 2.60. The summed E-state index contributed by atoms with van der Waals surface area (Å²) in [4.78, 5) is 0. The van der Waals surface area contributed by atoms with E-state index in [-0.39, 0.29) is 4.75 Å². The largest absolute Gasteiger partial charge is 0.486 e. The molecule has 0 saturated carbocycles. The Morgan fingerprint density at radius 1 is 1.28 bits per heavy atom. The topological polar surface area (TPSA) is 38.7 Å². The van der Waals surface area contributed by atoms with Crippen LogP contribution in [-0.4, -0.2) is 28.8 Å². The summed E-state index contributed by atoms with van der Waals surface area (Å²) in [6, 6.07) is 5.77. The highest BCUT2D eigenvalue weighted by molar-refractivity contribution is 8.00. The average Bonchev–Trinajstić information content (AvgIpc) is 2.85. The lowest BCUT2D eigenvalue weighted by Crippen LogP contribution is -2.26. The Labute approximate surface area is 111 Å². The first-order chi connectivity index (χ1) is 8.69. The summed E-state index contributed by atoms with van der Waals surface area (Å²) < 4.78 is 11.0. The molecule has 2 aliphatic rings. The van der Waals surface area contributed by atoms with Gasteiger partial charge in [0, 0.05) is 4.75 Å². The summed E-state index contributed by atoms with van der Waals surface area (Å²) in [6.45, 7) is 3.33. The van der Waals surface area contributed by atoms with Crippen LogP contribution in [0.1, 0.15) is 31.4 Å². The van der Waals surface area contributed by atoms with Gasteiger partial charge in [-0.1, -0.05) is 6.07 Å². The first kappa shape index (κ1) is 12.2.